The van der Waals surface area contributed by atoms with Crippen LogP contribution in [0.4, 0.5) is 13.2 Å². The van der Waals surface area contributed by atoms with Gasteiger partial charge in [-0.25, -0.2) is 0 Å². The summed E-state index contributed by atoms with van der Waals surface area (Å²) in [6, 6.07) is 13.6. The van der Waals surface area contributed by atoms with Gasteiger partial charge in [-0.05, 0) is 54.7 Å². The largest absolute Gasteiger partial charge is 0.435 e. The summed E-state index contributed by atoms with van der Waals surface area (Å²) >= 11 is 0. The van der Waals surface area contributed by atoms with E-state index in [1.165, 1.54) is 24.3 Å². The number of hydrogen-bond donors (Lipinski definition) is 1. The molecule has 1 heterocycles. The van der Waals surface area contributed by atoms with Crippen LogP contribution >= 0.6 is 0 Å². The van der Waals surface area contributed by atoms with Gasteiger partial charge in [-0.3, -0.25) is 0 Å². The van der Waals surface area contributed by atoms with Crippen LogP contribution in [-0.2, 0) is 29.0 Å². The number of nitrogens with one attached hydrogen (secondary N) is 1. The Balaban J connectivity index is 1.79. The summed E-state index contributed by atoms with van der Waals surface area (Å²) in [6.07, 6.45) is -1.93. The van der Waals surface area contributed by atoms with Gasteiger partial charge in [0.1, 0.15) is 0 Å². The van der Waals surface area contributed by atoms with Crippen molar-refractivity contribution in [2.24, 2.45) is 0 Å². The van der Waals surface area contributed by atoms with E-state index in [2.05, 4.69) is 9.93 Å². The molecule has 0 radical (unpaired) electrons. The minimum atomic E-state index is -4.70. The molecule has 28 heavy (non-hydrogen) atoms. The van der Waals surface area contributed by atoms with Crippen molar-refractivity contribution in [2.75, 3.05) is 4.83 Å². The van der Waals surface area contributed by atoms with Crippen LogP contribution in [0, 0.1) is 0 Å². The van der Waals surface area contributed by atoms with Gasteiger partial charge in [0.05, 0.1) is 10.6 Å². The number of aryl methyl sites for hydroxylation is 2. The van der Waals surface area contributed by atoms with Crippen molar-refractivity contribution < 1.29 is 21.6 Å². The van der Waals surface area contributed by atoms with E-state index >= 15 is 0 Å². The molecule has 0 amide bonds. The summed E-state index contributed by atoms with van der Waals surface area (Å²) in [6.45, 7) is 0. The third-order valence-corrected chi connectivity index (χ3v) is 5.96. The molecule has 1 aromatic heterocycles. The number of sulfonamides is 1. The van der Waals surface area contributed by atoms with Crippen molar-refractivity contribution in [3.8, 4) is 11.3 Å². The summed E-state index contributed by atoms with van der Waals surface area (Å²) in [5.41, 5.74) is 1.56. The highest BCUT2D eigenvalue weighted by atomic mass is 32.2. The number of aromatic nitrogens is 2. The second kappa shape index (κ2) is 6.66. The zero-order valence-electron chi connectivity index (χ0n) is 14.6. The maximum absolute atomic E-state index is 13.2. The maximum atomic E-state index is 13.2. The lowest BCUT2D eigenvalue weighted by molar-refractivity contribution is -0.141. The maximum Gasteiger partial charge on any atom is 0.435 e. The molecule has 1 N–H and O–H groups in total. The normalized spacial score (nSPS) is 14.1. The predicted octanol–water partition coefficient (Wildman–Crippen LogP) is 3.99. The first-order chi connectivity index (χ1) is 13.2. The fraction of sp³-hybridized carbons (Fsp3) is 0.211. The van der Waals surface area contributed by atoms with E-state index in [9.17, 15) is 21.6 Å². The Morgan fingerprint density at radius 2 is 1.68 bits per heavy atom. The number of nitrogens with zero attached hydrogens (tertiary/aromatic N) is 2. The molecule has 0 spiro atoms. The summed E-state index contributed by atoms with van der Waals surface area (Å²) in [5.74, 6) is 0. The molecule has 0 unspecified atom stereocenters. The molecule has 1 aliphatic rings. The Morgan fingerprint density at radius 1 is 0.964 bits per heavy atom. The smallest absolute Gasteiger partial charge is 0.200 e. The van der Waals surface area contributed by atoms with Crippen LogP contribution in [0.1, 0.15) is 23.2 Å². The van der Waals surface area contributed by atoms with Crippen LogP contribution in [0.2, 0.25) is 0 Å². The second-order valence-corrected chi connectivity index (χ2v) is 8.23. The van der Waals surface area contributed by atoms with Gasteiger partial charge in [0.25, 0.3) is 10.0 Å². The zero-order valence-corrected chi connectivity index (χ0v) is 15.4. The molecule has 0 fully saturated rings. The number of hydrogen-bond acceptors (Lipinski definition) is 3. The highest BCUT2D eigenvalue weighted by molar-refractivity contribution is 7.92. The fourth-order valence-corrected chi connectivity index (χ4v) is 4.28. The number of fused-ring (bicyclic) bond motifs is 1. The van der Waals surface area contributed by atoms with E-state index in [1.807, 2.05) is 6.07 Å². The number of rotatable bonds is 4. The Bertz CT molecular complexity index is 1120. The summed E-state index contributed by atoms with van der Waals surface area (Å²) < 4.78 is 64.8. The quantitative estimate of drug-likeness (QED) is 0.711. The Morgan fingerprint density at radius 3 is 2.39 bits per heavy atom. The lowest BCUT2D eigenvalue weighted by atomic mass is 10.0. The SMILES string of the molecule is O=S(=O)(Nn1nc(C(F)(F)F)cc1-c1ccc2c(c1)CCC2)c1ccccc1. The van der Waals surface area contributed by atoms with Gasteiger partial charge in [0, 0.05) is 5.56 Å². The highest BCUT2D eigenvalue weighted by Crippen LogP contribution is 2.33. The van der Waals surface area contributed by atoms with Crippen molar-refractivity contribution in [3.05, 3.63) is 71.4 Å². The van der Waals surface area contributed by atoms with Crippen molar-refractivity contribution >= 4 is 10.0 Å². The highest BCUT2D eigenvalue weighted by Gasteiger charge is 2.36. The topological polar surface area (TPSA) is 64.0 Å². The first-order valence-electron chi connectivity index (χ1n) is 8.61. The van der Waals surface area contributed by atoms with Crippen molar-refractivity contribution in [2.45, 2.75) is 30.3 Å². The molecule has 0 aliphatic heterocycles. The van der Waals surface area contributed by atoms with Gasteiger partial charge < -0.3 is 0 Å². The van der Waals surface area contributed by atoms with Crippen LogP contribution in [0.25, 0.3) is 11.3 Å². The van der Waals surface area contributed by atoms with Crippen LogP contribution in [-0.4, -0.2) is 18.3 Å². The molecular weight excluding hydrogens is 391 g/mol. The van der Waals surface area contributed by atoms with Crippen LogP contribution in [0.3, 0.4) is 0 Å². The van der Waals surface area contributed by atoms with E-state index in [0.717, 1.165) is 36.5 Å². The number of halogens is 3. The molecule has 0 bridgehead atoms. The average molecular weight is 407 g/mol. The van der Waals surface area contributed by atoms with E-state index in [1.54, 1.807) is 18.2 Å². The lowest BCUT2D eigenvalue weighted by Crippen LogP contribution is -2.25. The fourth-order valence-electron chi connectivity index (χ4n) is 3.29. The van der Waals surface area contributed by atoms with Crippen molar-refractivity contribution in [1.82, 2.24) is 9.89 Å². The second-order valence-electron chi connectivity index (χ2n) is 6.57. The van der Waals surface area contributed by atoms with Gasteiger partial charge in [0.15, 0.2) is 5.69 Å². The van der Waals surface area contributed by atoms with Gasteiger partial charge >= 0.3 is 6.18 Å². The third-order valence-electron chi connectivity index (χ3n) is 4.65. The van der Waals surface area contributed by atoms with E-state index in [-0.39, 0.29) is 10.6 Å². The van der Waals surface area contributed by atoms with Crippen LogP contribution in [0.15, 0.2) is 59.5 Å². The van der Waals surface area contributed by atoms with Crippen LogP contribution in [0.5, 0.6) is 0 Å². The molecule has 0 atom stereocenters. The summed E-state index contributed by atoms with van der Waals surface area (Å²) in [5, 5.41) is 3.46. The average Bonchev–Trinajstić information content (AvgIpc) is 3.28. The van der Waals surface area contributed by atoms with Crippen molar-refractivity contribution in [1.29, 1.82) is 0 Å². The molecule has 2 aromatic carbocycles. The van der Waals surface area contributed by atoms with Gasteiger partial charge in [-0.1, -0.05) is 30.3 Å². The molecule has 9 heteroatoms. The monoisotopic (exact) mass is 407 g/mol. The Kier molecular flexibility index (Phi) is 4.41. The summed E-state index contributed by atoms with van der Waals surface area (Å²) in [4.78, 5) is 2.75. The molecule has 5 nitrogen and oxygen atoms in total. The van der Waals surface area contributed by atoms with Gasteiger partial charge in [-0.15, -0.1) is 5.10 Å². The third kappa shape index (κ3) is 3.49. The molecule has 0 saturated heterocycles. The lowest BCUT2D eigenvalue weighted by Gasteiger charge is -2.12. The molecule has 4 rings (SSSR count). The molecule has 146 valence electrons. The number of benzene rings is 2. The molecule has 1 aliphatic carbocycles. The molecule has 0 saturated carbocycles. The summed E-state index contributed by atoms with van der Waals surface area (Å²) in [7, 11) is -4.10. The van der Waals surface area contributed by atoms with E-state index in [0.29, 0.717) is 10.4 Å². The first kappa shape index (κ1) is 18.5. The van der Waals surface area contributed by atoms with E-state index in [4.69, 9.17) is 0 Å². The predicted molar refractivity (Wildman–Crippen MR) is 97.7 cm³/mol. The van der Waals surface area contributed by atoms with Crippen molar-refractivity contribution in [3.63, 3.8) is 0 Å². The van der Waals surface area contributed by atoms with Gasteiger partial charge in [-0.2, -0.15) is 31.2 Å². The first-order valence-corrected chi connectivity index (χ1v) is 10.1. The minimum Gasteiger partial charge on any atom is -0.200 e. The van der Waals surface area contributed by atoms with Crippen LogP contribution < -0.4 is 4.83 Å². The van der Waals surface area contributed by atoms with E-state index < -0.39 is 21.9 Å². The Labute approximate surface area is 159 Å². The molecular formula is C19H16F3N3O2S. The minimum absolute atomic E-state index is 0.0292. The standard InChI is InChI=1S/C19H16F3N3O2S/c20-19(21,22)18-12-17(15-10-9-13-5-4-6-14(13)11-15)25(23-18)24-28(26,27)16-7-2-1-3-8-16/h1-3,7-12,24H,4-6H2. The van der Waals surface area contributed by atoms with Gasteiger partial charge in [0.2, 0.25) is 0 Å². The zero-order chi connectivity index (χ0) is 19.9. The molecule has 3 aromatic rings. The Hall–Kier alpha value is -2.81. The number of alkyl halides is 3.